The average molecular weight is 316 g/mol. The molecule has 3 rings (SSSR count). The number of aliphatic carboxylic acids is 1. The molecule has 1 atom stereocenters. The zero-order chi connectivity index (χ0) is 16.4. The molecular formula is C16H20N4O3. The van der Waals surface area contributed by atoms with Crippen molar-refractivity contribution >= 4 is 23.0 Å². The van der Waals surface area contributed by atoms with Gasteiger partial charge in [-0.3, -0.25) is 4.79 Å². The number of piperidine rings is 1. The Balaban J connectivity index is 1.60. The van der Waals surface area contributed by atoms with Gasteiger partial charge in [0.1, 0.15) is 5.82 Å². The van der Waals surface area contributed by atoms with Crippen LogP contribution in [0, 0.1) is 12.8 Å². The molecule has 122 valence electrons. The van der Waals surface area contributed by atoms with Crippen molar-refractivity contribution in [3.63, 3.8) is 0 Å². The lowest BCUT2D eigenvalue weighted by Crippen LogP contribution is -2.46. The third-order valence-corrected chi connectivity index (χ3v) is 4.15. The second-order valence-corrected chi connectivity index (χ2v) is 5.99. The molecule has 3 N–H and O–H groups in total. The standard InChI is InChI=1S/C16H20N4O3/c1-10-4-5-12-13(7-10)19-14(18-12)8-17-16(23)20-6-2-3-11(9-20)15(21)22/h4-5,7,11H,2-3,6,8-9H2,1H3,(H,17,23)(H,18,19)(H,21,22). The van der Waals surface area contributed by atoms with E-state index in [1.807, 2.05) is 25.1 Å². The molecule has 0 spiro atoms. The van der Waals surface area contributed by atoms with Crippen molar-refractivity contribution in [3.05, 3.63) is 29.6 Å². The number of fused-ring (bicyclic) bond motifs is 1. The molecule has 1 aromatic heterocycles. The number of benzene rings is 1. The average Bonchev–Trinajstić information content (AvgIpc) is 2.94. The summed E-state index contributed by atoms with van der Waals surface area (Å²) < 4.78 is 0. The maximum Gasteiger partial charge on any atom is 0.317 e. The van der Waals surface area contributed by atoms with Crippen LogP contribution in [0.2, 0.25) is 0 Å². The smallest absolute Gasteiger partial charge is 0.317 e. The quantitative estimate of drug-likeness (QED) is 0.805. The molecule has 0 aliphatic carbocycles. The van der Waals surface area contributed by atoms with Crippen LogP contribution >= 0.6 is 0 Å². The number of amides is 2. The number of carbonyl (C=O) groups excluding carboxylic acids is 1. The van der Waals surface area contributed by atoms with Crippen LogP contribution in [-0.4, -0.2) is 45.1 Å². The first-order chi connectivity index (χ1) is 11.0. The number of hydrogen-bond donors (Lipinski definition) is 3. The first kappa shape index (κ1) is 15.3. The summed E-state index contributed by atoms with van der Waals surface area (Å²) in [6.07, 6.45) is 1.34. The number of rotatable bonds is 3. The van der Waals surface area contributed by atoms with Crippen LogP contribution < -0.4 is 5.32 Å². The summed E-state index contributed by atoms with van der Waals surface area (Å²) in [6, 6.07) is 5.70. The van der Waals surface area contributed by atoms with Crippen molar-refractivity contribution in [1.29, 1.82) is 0 Å². The number of aryl methyl sites for hydroxylation is 1. The largest absolute Gasteiger partial charge is 0.481 e. The number of urea groups is 1. The molecule has 1 unspecified atom stereocenters. The van der Waals surface area contributed by atoms with Gasteiger partial charge in [-0.15, -0.1) is 0 Å². The summed E-state index contributed by atoms with van der Waals surface area (Å²) >= 11 is 0. The number of carboxylic acids is 1. The molecule has 0 saturated carbocycles. The van der Waals surface area contributed by atoms with Crippen LogP contribution in [0.5, 0.6) is 0 Å². The van der Waals surface area contributed by atoms with Gasteiger partial charge in [-0.05, 0) is 37.5 Å². The van der Waals surface area contributed by atoms with Crippen molar-refractivity contribution in [2.75, 3.05) is 13.1 Å². The molecular weight excluding hydrogens is 296 g/mol. The lowest BCUT2D eigenvalue weighted by molar-refractivity contribution is -0.143. The Morgan fingerprint density at radius 2 is 2.30 bits per heavy atom. The van der Waals surface area contributed by atoms with Crippen LogP contribution in [0.3, 0.4) is 0 Å². The number of H-pyrrole nitrogens is 1. The molecule has 2 heterocycles. The monoisotopic (exact) mass is 316 g/mol. The number of imidazole rings is 1. The third kappa shape index (κ3) is 3.44. The van der Waals surface area contributed by atoms with E-state index in [-0.39, 0.29) is 12.6 Å². The van der Waals surface area contributed by atoms with E-state index in [4.69, 9.17) is 5.11 Å². The van der Waals surface area contributed by atoms with Gasteiger partial charge in [0.05, 0.1) is 23.5 Å². The Kier molecular flexibility index (Phi) is 4.18. The van der Waals surface area contributed by atoms with Gasteiger partial charge in [-0.1, -0.05) is 6.07 Å². The number of hydrogen-bond acceptors (Lipinski definition) is 3. The summed E-state index contributed by atoms with van der Waals surface area (Å²) in [4.78, 5) is 32.4. The molecule has 7 nitrogen and oxygen atoms in total. The Morgan fingerprint density at radius 1 is 1.48 bits per heavy atom. The molecule has 2 amide bonds. The molecule has 1 aliphatic rings. The number of nitrogens with one attached hydrogen (secondary N) is 2. The normalized spacial score (nSPS) is 18.1. The molecule has 1 aliphatic heterocycles. The van der Waals surface area contributed by atoms with E-state index in [0.29, 0.717) is 31.8 Å². The number of aromatic nitrogens is 2. The van der Waals surface area contributed by atoms with Crippen LogP contribution in [-0.2, 0) is 11.3 Å². The molecule has 1 saturated heterocycles. The zero-order valence-electron chi connectivity index (χ0n) is 13.0. The molecule has 1 aromatic carbocycles. The van der Waals surface area contributed by atoms with Crippen molar-refractivity contribution in [3.8, 4) is 0 Å². The predicted octanol–water partition coefficient (Wildman–Crippen LogP) is 1.88. The summed E-state index contributed by atoms with van der Waals surface area (Å²) in [5, 5.41) is 11.9. The van der Waals surface area contributed by atoms with Gasteiger partial charge >= 0.3 is 12.0 Å². The Labute approximate surface area is 133 Å². The van der Waals surface area contributed by atoms with Crippen molar-refractivity contribution < 1.29 is 14.7 Å². The van der Waals surface area contributed by atoms with Gasteiger partial charge in [0, 0.05) is 13.1 Å². The highest BCUT2D eigenvalue weighted by atomic mass is 16.4. The Hall–Kier alpha value is -2.57. The summed E-state index contributed by atoms with van der Waals surface area (Å²) in [6.45, 7) is 3.16. The molecule has 23 heavy (non-hydrogen) atoms. The minimum Gasteiger partial charge on any atom is -0.481 e. The van der Waals surface area contributed by atoms with Gasteiger partial charge in [-0.2, -0.15) is 0 Å². The van der Waals surface area contributed by atoms with Crippen molar-refractivity contribution in [2.45, 2.75) is 26.3 Å². The van der Waals surface area contributed by atoms with Crippen LogP contribution in [0.1, 0.15) is 24.2 Å². The number of likely N-dealkylation sites (tertiary alicyclic amines) is 1. The number of nitrogens with zero attached hydrogens (tertiary/aromatic N) is 2. The van der Waals surface area contributed by atoms with E-state index in [9.17, 15) is 9.59 Å². The summed E-state index contributed by atoms with van der Waals surface area (Å²) in [7, 11) is 0. The number of carboxylic acid groups (broad SMARTS) is 1. The fraction of sp³-hybridized carbons (Fsp3) is 0.438. The van der Waals surface area contributed by atoms with Crippen molar-refractivity contribution in [1.82, 2.24) is 20.2 Å². The van der Waals surface area contributed by atoms with Gasteiger partial charge < -0.3 is 20.3 Å². The van der Waals surface area contributed by atoms with E-state index in [0.717, 1.165) is 16.6 Å². The van der Waals surface area contributed by atoms with Gasteiger partial charge in [0.25, 0.3) is 0 Å². The maximum atomic E-state index is 12.2. The summed E-state index contributed by atoms with van der Waals surface area (Å²) in [5.41, 5.74) is 2.95. The van der Waals surface area contributed by atoms with Gasteiger partial charge in [0.15, 0.2) is 0 Å². The highest BCUT2D eigenvalue weighted by molar-refractivity contribution is 5.77. The predicted molar refractivity (Wildman–Crippen MR) is 85.0 cm³/mol. The third-order valence-electron chi connectivity index (χ3n) is 4.15. The topological polar surface area (TPSA) is 98.3 Å². The van der Waals surface area contributed by atoms with Crippen LogP contribution in [0.25, 0.3) is 11.0 Å². The van der Waals surface area contributed by atoms with Gasteiger partial charge in [0.2, 0.25) is 0 Å². The molecule has 1 fully saturated rings. The second-order valence-electron chi connectivity index (χ2n) is 5.99. The molecule has 2 aromatic rings. The first-order valence-corrected chi connectivity index (χ1v) is 7.74. The second kappa shape index (κ2) is 6.28. The van der Waals surface area contributed by atoms with Crippen LogP contribution in [0.15, 0.2) is 18.2 Å². The Bertz CT molecular complexity index is 740. The van der Waals surface area contributed by atoms with E-state index < -0.39 is 11.9 Å². The van der Waals surface area contributed by atoms with Crippen molar-refractivity contribution in [2.24, 2.45) is 5.92 Å². The van der Waals surface area contributed by atoms with E-state index in [2.05, 4.69) is 15.3 Å². The molecule has 7 heteroatoms. The fourth-order valence-corrected chi connectivity index (χ4v) is 2.89. The minimum atomic E-state index is -0.838. The van der Waals surface area contributed by atoms with Gasteiger partial charge in [-0.25, -0.2) is 9.78 Å². The SMILES string of the molecule is Cc1ccc2nc(CNC(=O)N3CCCC(C(=O)O)C3)[nH]c2c1. The first-order valence-electron chi connectivity index (χ1n) is 7.74. The lowest BCUT2D eigenvalue weighted by atomic mass is 9.99. The minimum absolute atomic E-state index is 0.243. The van der Waals surface area contributed by atoms with E-state index >= 15 is 0 Å². The zero-order valence-corrected chi connectivity index (χ0v) is 13.0. The number of carbonyl (C=O) groups is 2. The highest BCUT2D eigenvalue weighted by Crippen LogP contribution is 2.17. The Morgan fingerprint density at radius 3 is 3.09 bits per heavy atom. The highest BCUT2D eigenvalue weighted by Gasteiger charge is 2.28. The van der Waals surface area contributed by atoms with E-state index in [1.54, 1.807) is 4.90 Å². The van der Waals surface area contributed by atoms with Crippen LogP contribution in [0.4, 0.5) is 4.79 Å². The summed E-state index contributed by atoms with van der Waals surface area (Å²) in [5.74, 6) is -0.621. The molecule has 0 bridgehead atoms. The van der Waals surface area contributed by atoms with E-state index in [1.165, 1.54) is 0 Å². The number of aromatic amines is 1. The fourth-order valence-electron chi connectivity index (χ4n) is 2.89. The molecule has 0 radical (unpaired) electrons. The maximum absolute atomic E-state index is 12.2. The lowest BCUT2D eigenvalue weighted by Gasteiger charge is -2.30.